The minimum Gasteiger partial charge on any atom is -0.493 e. The van der Waals surface area contributed by atoms with Gasteiger partial charge in [-0.3, -0.25) is 4.79 Å². The number of rotatable bonds is 6. The van der Waals surface area contributed by atoms with Crippen molar-refractivity contribution in [3.05, 3.63) is 70.8 Å². The van der Waals surface area contributed by atoms with E-state index in [9.17, 15) is 15.0 Å². The molecule has 9 nitrogen and oxygen atoms in total. The lowest BCUT2D eigenvalue weighted by Gasteiger charge is -2.44. The Morgan fingerprint density at radius 3 is 2.30 bits per heavy atom. The number of aliphatic hydroxyl groups excluding tert-OH is 2. The molecule has 3 aromatic carbocycles. The van der Waals surface area contributed by atoms with Crippen molar-refractivity contribution < 1.29 is 38.7 Å². The fraction of sp³-hybridized carbons (Fsp3) is 0.387. The molecule has 0 saturated heterocycles. The van der Waals surface area contributed by atoms with Crippen molar-refractivity contribution in [3.8, 4) is 28.7 Å². The maximum absolute atomic E-state index is 14.7. The molecule has 0 radical (unpaired) electrons. The highest BCUT2D eigenvalue weighted by molar-refractivity contribution is 5.97. The van der Waals surface area contributed by atoms with E-state index in [1.165, 1.54) is 7.11 Å². The molecule has 0 saturated carbocycles. The normalized spacial score (nSPS) is 22.8. The Morgan fingerprint density at radius 1 is 0.975 bits per heavy atom. The van der Waals surface area contributed by atoms with Gasteiger partial charge in [0.05, 0.1) is 33.4 Å². The van der Waals surface area contributed by atoms with Crippen molar-refractivity contribution in [2.75, 3.05) is 46.2 Å². The summed E-state index contributed by atoms with van der Waals surface area (Å²) in [5.41, 5.74) is 4.00. The van der Waals surface area contributed by atoms with Gasteiger partial charge in [0, 0.05) is 30.7 Å². The summed E-state index contributed by atoms with van der Waals surface area (Å²) in [6.45, 7) is 0.234. The number of hydrogen-bond donors (Lipinski definition) is 2. The van der Waals surface area contributed by atoms with Gasteiger partial charge >= 0.3 is 0 Å². The predicted octanol–water partition coefficient (Wildman–Crippen LogP) is 3.82. The second kappa shape index (κ2) is 10.6. The molecule has 4 atom stereocenters. The average molecular weight is 548 g/mol. The molecule has 2 aliphatic heterocycles. The fourth-order valence-electron chi connectivity index (χ4n) is 6.52. The van der Waals surface area contributed by atoms with Crippen LogP contribution in [0, 0.1) is 11.8 Å². The van der Waals surface area contributed by atoms with E-state index >= 15 is 0 Å². The van der Waals surface area contributed by atoms with Gasteiger partial charge in [0.25, 0.3) is 0 Å². The number of amides is 1. The standard InChI is InChI=1S/C31H33NO8/c1-36-25-11-18(12-26(37-2)30(25)38-3)27-19-13-23-24(40-16-39-23)14-20(19)29(34)21(15-33)28(27)31(35)32-10-6-8-17-7-4-5-9-22(17)32/h4-5,7,9,11-14,21,27-29,33-34H,6,8,10,15-16H2,1-3H3/t21-,27+,28-,29-/m1/s1. The lowest BCUT2D eigenvalue weighted by molar-refractivity contribution is -0.128. The molecular formula is C31H33NO8. The van der Waals surface area contributed by atoms with Crippen LogP contribution in [0.2, 0.25) is 0 Å². The van der Waals surface area contributed by atoms with Crippen molar-refractivity contribution in [2.24, 2.45) is 11.8 Å². The summed E-state index contributed by atoms with van der Waals surface area (Å²) in [6, 6.07) is 15.2. The second-order valence-electron chi connectivity index (χ2n) is 10.3. The van der Waals surface area contributed by atoms with E-state index in [0.717, 1.165) is 35.2 Å². The number of carbonyl (C=O) groups excluding carboxylic acids is 1. The number of para-hydroxylation sites is 1. The highest BCUT2D eigenvalue weighted by Gasteiger charge is 2.49. The minimum absolute atomic E-state index is 0.0690. The first-order valence-corrected chi connectivity index (χ1v) is 13.4. The summed E-state index contributed by atoms with van der Waals surface area (Å²) in [5, 5.41) is 22.3. The molecule has 1 aliphatic carbocycles. The summed E-state index contributed by atoms with van der Waals surface area (Å²) >= 11 is 0. The van der Waals surface area contributed by atoms with Crippen LogP contribution in [-0.4, -0.2) is 57.4 Å². The Labute approximate surface area is 232 Å². The van der Waals surface area contributed by atoms with Gasteiger partial charge in [-0.05, 0) is 65.4 Å². The molecule has 0 bridgehead atoms. The second-order valence-corrected chi connectivity index (χ2v) is 10.3. The smallest absolute Gasteiger partial charge is 0.231 e. The summed E-state index contributed by atoms with van der Waals surface area (Å²) in [5.74, 6) is 0.0731. The zero-order valence-corrected chi connectivity index (χ0v) is 22.8. The van der Waals surface area contributed by atoms with Gasteiger partial charge < -0.3 is 38.8 Å². The highest BCUT2D eigenvalue weighted by Crippen LogP contribution is 2.54. The molecular weight excluding hydrogens is 514 g/mol. The van der Waals surface area contributed by atoms with E-state index in [4.69, 9.17) is 23.7 Å². The molecule has 2 heterocycles. The lowest BCUT2D eigenvalue weighted by Crippen LogP contribution is -2.48. The Balaban J connectivity index is 1.57. The van der Waals surface area contributed by atoms with Crippen molar-refractivity contribution in [1.82, 2.24) is 0 Å². The van der Waals surface area contributed by atoms with Crippen LogP contribution in [0.1, 0.15) is 40.7 Å². The van der Waals surface area contributed by atoms with Gasteiger partial charge in [0.1, 0.15) is 0 Å². The third-order valence-electron chi connectivity index (χ3n) is 8.38. The van der Waals surface area contributed by atoms with Crippen LogP contribution in [0.3, 0.4) is 0 Å². The van der Waals surface area contributed by atoms with Crippen molar-refractivity contribution in [3.63, 3.8) is 0 Å². The lowest BCUT2D eigenvalue weighted by atomic mass is 9.64. The highest BCUT2D eigenvalue weighted by atomic mass is 16.7. The average Bonchev–Trinajstić information content (AvgIpc) is 3.46. The summed E-state index contributed by atoms with van der Waals surface area (Å²) < 4.78 is 28.2. The van der Waals surface area contributed by atoms with Gasteiger partial charge in [-0.1, -0.05) is 18.2 Å². The topological polar surface area (TPSA) is 107 Å². The number of methoxy groups -OCH3 is 3. The number of anilines is 1. The molecule has 0 unspecified atom stereocenters. The number of carbonyl (C=O) groups is 1. The Hall–Kier alpha value is -3.95. The van der Waals surface area contributed by atoms with Crippen LogP contribution >= 0.6 is 0 Å². The van der Waals surface area contributed by atoms with Gasteiger partial charge in [-0.2, -0.15) is 0 Å². The number of ether oxygens (including phenoxy) is 5. The number of nitrogens with zero attached hydrogens (tertiary/aromatic N) is 1. The summed E-state index contributed by atoms with van der Waals surface area (Å²) in [7, 11) is 4.62. The first kappa shape index (κ1) is 26.3. The summed E-state index contributed by atoms with van der Waals surface area (Å²) in [6.07, 6.45) is 0.618. The van der Waals surface area contributed by atoms with Crippen molar-refractivity contribution in [2.45, 2.75) is 24.9 Å². The van der Waals surface area contributed by atoms with Crippen LogP contribution < -0.4 is 28.6 Å². The Morgan fingerprint density at radius 2 is 1.65 bits per heavy atom. The zero-order chi connectivity index (χ0) is 28.0. The van der Waals surface area contributed by atoms with Crippen LogP contribution in [0.15, 0.2) is 48.5 Å². The third-order valence-corrected chi connectivity index (χ3v) is 8.38. The van der Waals surface area contributed by atoms with Gasteiger partial charge in [-0.15, -0.1) is 0 Å². The minimum atomic E-state index is -1.10. The Bertz CT molecular complexity index is 1410. The van der Waals surface area contributed by atoms with Gasteiger partial charge in [0.2, 0.25) is 18.4 Å². The quantitative estimate of drug-likeness (QED) is 0.480. The largest absolute Gasteiger partial charge is 0.493 e. The van der Waals surface area contributed by atoms with Gasteiger partial charge in [0.15, 0.2) is 23.0 Å². The van der Waals surface area contributed by atoms with Crippen molar-refractivity contribution >= 4 is 11.6 Å². The van der Waals surface area contributed by atoms with E-state index in [1.54, 1.807) is 20.3 Å². The molecule has 3 aliphatic rings. The zero-order valence-electron chi connectivity index (χ0n) is 22.8. The maximum Gasteiger partial charge on any atom is 0.231 e. The van der Waals surface area contributed by atoms with Gasteiger partial charge in [-0.25, -0.2) is 0 Å². The number of benzene rings is 3. The number of hydrogen-bond acceptors (Lipinski definition) is 8. The number of fused-ring (bicyclic) bond motifs is 3. The number of aliphatic hydroxyl groups is 2. The van der Waals surface area contributed by atoms with E-state index in [1.807, 2.05) is 47.4 Å². The first-order chi connectivity index (χ1) is 19.5. The molecule has 2 N–H and O–H groups in total. The van der Waals surface area contributed by atoms with E-state index < -0.39 is 23.9 Å². The van der Waals surface area contributed by atoms with Crippen LogP contribution in [0.4, 0.5) is 5.69 Å². The molecule has 0 spiro atoms. The van der Waals surface area contributed by atoms with E-state index in [2.05, 4.69) is 0 Å². The van der Waals surface area contributed by atoms with Crippen molar-refractivity contribution in [1.29, 1.82) is 0 Å². The maximum atomic E-state index is 14.7. The summed E-state index contributed by atoms with van der Waals surface area (Å²) in [4.78, 5) is 16.5. The fourth-order valence-corrected chi connectivity index (χ4v) is 6.52. The molecule has 1 amide bonds. The molecule has 9 heteroatoms. The van der Waals surface area contributed by atoms with E-state index in [0.29, 0.717) is 40.9 Å². The SMILES string of the molecule is COc1cc([C@H]2c3cc4c(cc3[C@@H](O)[C@H](CO)[C@H]2C(=O)N2CCCc3ccccc32)OCO4)cc(OC)c1OC. The molecule has 210 valence electrons. The monoisotopic (exact) mass is 547 g/mol. The molecule has 3 aromatic rings. The molecule has 40 heavy (non-hydrogen) atoms. The molecule has 0 fully saturated rings. The molecule has 0 aromatic heterocycles. The van der Waals surface area contributed by atoms with E-state index in [-0.39, 0.29) is 19.3 Å². The Kier molecular flexibility index (Phi) is 6.93. The van der Waals surface area contributed by atoms with Crippen LogP contribution in [0.25, 0.3) is 0 Å². The third kappa shape index (κ3) is 4.12. The first-order valence-electron chi connectivity index (χ1n) is 13.4. The predicted molar refractivity (Wildman–Crippen MR) is 147 cm³/mol. The number of aryl methyl sites for hydroxylation is 1. The van der Waals surface area contributed by atoms with Crippen LogP contribution in [0.5, 0.6) is 28.7 Å². The van der Waals surface area contributed by atoms with Crippen LogP contribution in [-0.2, 0) is 11.2 Å². The molecule has 6 rings (SSSR count).